The number of benzene rings is 5. The van der Waals surface area contributed by atoms with Gasteiger partial charge in [0.05, 0.1) is 0 Å². The predicted octanol–water partition coefficient (Wildman–Crippen LogP) is 8.51. The van der Waals surface area contributed by atoms with E-state index >= 15 is 0 Å². The largest absolute Gasteiger partial charge is 0.508 e. The van der Waals surface area contributed by atoms with E-state index in [0.29, 0.717) is 0 Å². The third-order valence-electron chi connectivity index (χ3n) is 7.15. The van der Waals surface area contributed by atoms with E-state index in [1.165, 1.54) is 5.56 Å². The zero-order valence-corrected chi connectivity index (χ0v) is 21.0. The van der Waals surface area contributed by atoms with Crippen LogP contribution in [-0.4, -0.2) is 10.2 Å². The molecule has 3 nitrogen and oxygen atoms in total. The van der Waals surface area contributed by atoms with Crippen molar-refractivity contribution in [1.82, 2.24) is 0 Å². The smallest absolute Gasteiger partial charge is 0.115 e. The summed E-state index contributed by atoms with van der Waals surface area (Å²) in [4.78, 5) is 2.26. The van der Waals surface area contributed by atoms with Crippen molar-refractivity contribution < 1.29 is 10.2 Å². The summed E-state index contributed by atoms with van der Waals surface area (Å²) in [5.41, 5.74) is 6.59. The Kier molecular flexibility index (Phi) is 6.96. The lowest BCUT2D eigenvalue weighted by molar-refractivity contribution is 0.470. The van der Waals surface area contributed by atoms with E-state index in [-0.39, 0.29) is 16.9 Å². The normalized spacial score (nSPS) is 11.3. The first kappa shape index (κ1) is 24.2. The molecule has 0 saturated carbocycles. The molecule has 0 saturated heterocycles. The van der Waals surface area contributed by atoms with E-state index in [9.17, 15) is 10.2 Å². The van der Waals surface area contributed by atoms with Crippen molar-refractivity contribution in [3.63, 3.8) is 0 Å². The molecule has 5 aromatic rings. The van der Waals surface area contributed by atoms with Crippen molar-refractivity contribution in [2.45, 2.75) is 25.2 Å². The lowest BCUT2D eigenvalue weighted by Crippen LogP contribution is -2.24. The number of aryl methyl sites for hydroxylation is 1. The highest BCUT2D eigenvalue weighted by molar-refractivity contribution is 5.76. The molecular formula is C34H31NO2. The minimum atomic E-state index is -0.278. The molecule has 0 aliphatic heterocycles. The number of anilines is 3. The molecule has 0 atom stereocenters. The van der Waals surface area contributed by atoms with Gasteiger partial charge in [-0.25, -0.2) is 0 Å². The summed E-state index contributed by atoms with van der Waals surface area (Å²) in [5, 5.41) is 19.7. The Balaban J connectivity index is 1.42. The topological polar surface area (TPSA) is 43.7 Å². The molecule has 5 aromatic carbocycles. The number of nitrogens with zero attached hydrogens (tertiary/aromatic N) is 1. The van der Waals surface area contributed by atoms with Crippen LogP contribution in [0.15, 0.2) is 133 Å². The molecule has 5 rings (SSSR count). The first-order valence-electron chi connectivity index (χ1n) is 12.6. The van der Waals surface area contributed by atoms with Gasteiger partial charge in [0.15, 0.2) is 0 Å². The number of hydrogen-bond donors (Lipinski definition) is 2. The van der Waals surface area contributed by atoms with Gasteiger partial charge in [0, 0.05) is 22.5 Å². The van der Waals surface area contributed by atoms with Crippen molar-refractivity contribution in [3.8, 4) is 11.5 Å². The Hall–Kier alpha value is -4.50. The van der Waals surface area contributed by atoms with Crippen LogP contribution < -0.4 is 4.90 Å². The van der Waals surface area contributed by atoms with Crippen LogP contribution in [0.4, 0.5) is 17.1 Å². The second-order valence-electron chi connectivity index (χ2n) is 9.60. The highest BCUT2D eigenvalue weighted by atomic mass is 16.3. The lowest BCUT2D eigenvalue weighted by atomic mass is 9.72. The maximum absolute atomic E-state index is 9.84. The van der Waals surface area contributed by atoms with Crippen LogP contribution in [0.25, 0.3) is 0 Å². The summed E-state index contributed by atoms with van der Waals surface area (Å²) in [6.07, 6.45) is 1.76. The Morgan fingerprint density at radius 2 is 0.919 bits per heavy atom. The van der Waals surface area contributed by atoms with Crippen LogP contribution in [0.3, 0.4) is 0 Å². The standard InChI is InChI=1S/C34H31NO2/c1-34(27-14-20-32(36)21-15-27,28-16-22-33(37)23-17-28)25-24-26-12-18-31(19-13-26)35(29-8-4-2-5-9-29)30-10-6-3-7-11-30/h2-23,36-37H,24-25H2,1H3. The summed E-state index contributed by atoms with van der Waals surface area (Å²) >= 11 is 0. The Morgan fingerprint density at radius 1 is 0.514 bits per heavy atom. The molecule has 37 heavy (non-hydrogen) atoms. The van der Waals surface area contributed by atoms with Crippen molar-refractivity contribution in [2.24, 2.45) is 0 Å². The molecule has 0 heterocycles. The summed E-state index contributed by atoms with van der Waals surface area (Å²) in [7, 11) is 0. The van der Waals surface area contributed by atoms with Crippen LogP contribution in [0.5, 0.6) is 11.5 Å². The van der Waals surface area contributed by atoms with Gasteiger partial charge in [0.2, 0.25) is 0 Å². The number of para-hydroxylation sites is 2. The Morgan fingerprint density at radius 3 is 1.35 bits per heavy atom. The molecule has 0 fully saturated rings. The van der Waals surface area contributed by atoms with Gasteiger partial charge in [0.1, 0.15) is 11.5 Å². The van der Waals surface area contributed by atoms with E-state index in [4.69, 9.17) is 0 Å². The summed E-state index contributed by atoms with van der Waals surface area (Å²) in [5.74, 6) is 0.516. The van der Waals surface area contributed by atoms with Crippen molar-refractivity contribution >= 4 is 17.1 Å². The van der Waals surface area contributed by atoms with Gasteiger partial charge in [-0.05, 0) is 90.2 Å². The zero-order valence-electron chi connectivity index (χ0n) is 21.0. The van der Waals surface area contributed by atoms with Crippen molar-refractivity contribution in [2.75, 3.05) is 4.90 Å². The maximum atomic E-state index is 9.84. The zero-order chi connectivity index (χ0) is 25.7. The van der Waals surface area contributed by atoms with Crippen LogP contribution in [0.2, 0.25) is 0 Å². The van der Waals surface area contributed by atoms with Crippen molar-refractivity contribution in [1.29, 1.82) is 0 Å². The second-order valence-corrected chi connectivity index (χ2v) is 9.60. The van der Waals surface area contributed by atoms with E-state index < -0.39 is 0 Å². The first-order chi connectivity index (χ1) is 18.0. The van der Waals surface area contributed by atoms with Gasteiger partial charge >= 0.3 is 0 Å². The fraction of sp³-hybridized carbons (Fsp3) is 0.118. The van der Waals surface area contributed by atoms with Gasteiger partial charge < -0.3 is 15.1 Å². The van der Waals surface area contributed by atoms with Gasteiger partial charge in [0.25, 0.3) is 0 Å². The molecule has 184 valence electrons. The molecule has 0 aliphatic carbocycles. The first-order valence-corrected chi connectivity index (χ1v) is 12.6. The highest BCUT2D eigenvalue weighted by Gasteiger charge is 2.29. The predicted molar refractivity (Wildman–Crippen MR) is 152 cm³/mol. The fourth-order valence-corrected chi connectivity index (χ4v) is 4.92. The molecule has 0 amide bonds. The molecule has 0 bridgehead atoms. The lowest BCUT2D eigenvalue weighted by Gasteiger charge is -2.31. The monoisotopic (exact) mass is 485 g/mol. The minimum absolute atomic E-state index is 0.258. The van der Waals surface area contributed by atoms with E-state index in [2.05, 4.69) is 84.6 Å². The quantitative estimate of drug-likeness (QED) is 0.231. The molecule has 0 aliphatic rings. The number of aromatic hydroxyl groups is 2. The molecular weight excluding hydrogens is 454 g/mol. The van der Waals surface area contributed by atoms with E-state index in [1.807, 2.05) is 36.4 Å². The second kappa shape index (κ2) is 10.6. The highest BCUT2D eigenvalue weighted by Crippen LogP contribution is 2.39. The molecule has 2 N–H and O–H groups in total. The molecule has 0 unspecified atom stereocenters. The molecule has 3 heteroatoms. The molecule has 0 radical (unpaired) electrons. The number of phenols is 2. The Bertz CT molecular complexity index is 1330. The van der Waals surface area contributed by atoms with Gasteiger partial charge in [-0.15, -0.1) is 0 Å². The van der Waals surface area contributed by atoms with E-state index in [1.54, 1.807) is 24.3 Å². The van der Waals surface area contributed by atoms with Crippen LogP contribution in [0.1, 0.15) is 30.0 Å². The van der Waals surface area contributed by atoms with Gasteiger partial charge in [-0.2, -0.15) is 0 Å². The van der Waals surface area contributed by atoms with Crippen LogP contribution in [0, 0.1) is 0 Å². The number of hydrogen-bond acceptors (Lipinski definition) is 3. The number of rotatable bonds is 8. The number of phenolic OH excluding ortho intramolecular Hbond substituents is 2. The summed E-state index contributed by atoms with van der Waals surface area (Å²) < 4.78 is 0. The average molecular weight is 486 g/mol. The fourth-order valence-electron chi connectivity index (χ4n) is 4.92. The summed E-state index contributed by atoms with van der Waals surface area (Å²) in [6, 6.07) is 44.5. The third kappa shape index (κ3) is 5.36. The molecule has 0 aromatic heterocycles. The minimum Gasteiger partial charge on any atom is -0.508 e. The maximum Gasteiger partial charge on any atom is 0.115 e. The van der Waals surface area contributed by atoms with Crippen LogP contribution in [-0.2, 0) is 11.8 Å². The van der Waals surface area contributed by atoms with Crippen LogP contribution >= 0.6 is 0 Å². The summed E-state index contributed by atoms with van der Waals surface area (Å²) in [6.45, 7) is 2.23. The third-order valence-corrected chi connectivity index (χ3v) is 7.15. The Labute approximate surface area is 218 Å². The average Bonchev–Trinajstić information content (AvgIpc) is 2.94. The van der Waals surface area contributed by atoms with Gasteiger partial charge in [-0.3, -0.25) is 0 Å². The van der Waals surface area contributed by atoms with E-state index in [0.717, 1.165) is 41.0 Å². The van der Waals surface area contributed by atoms with Gasteiger partial charge in [-0.1, -0.05) is 79.7 Å². The van der Waals surface area contributed by atoms with Crippen molar-refractivity contribution in [3.05, 3.63) is 150 Å². The SMILES string of the molecule is CC(CCc1ccc(N(c2ccccc2)c2ccccc2)cc1)(c1ccc(O)cc1)c1ccc(O)cc1. The molecule has 0 spiro atoms.